The molecule has 4 rings (SSSR count). The summed E-state index contributed by atoms with van der Waals surface area (Å²) in [4.78, 5) is 28.0. The first-order chi connectivity index (χ1) is 16.9. The van der Waals surface area contributed by atoms with Gasteiger partial charge in [-0.15, -0.1) is 0 Å². The van der Waals surface area contributed by atoms with Crippen LogP contribution in [0.5, 0.6) is 17.2 Å². The normalized spacial score (nSPS) is 16.9. The molecule has 1 aliphatic heterocycles. The maximum Gasteiger partial charge on any atom is 0.300 e. The Bertz CT molecular complexity index is 1320. The number of rotatable bonds is 7. The molecule has 1 fully saturated rings. The van der Waals surface area contributed by atoms with Gasteiger partial charge >= 0.3 is 0 Å². The van der Waals surface area contributed by atoms with Crippen molar-refractivity contribution in [2.45, 2.75) is 13.0 Å². The number of ketones is 1. The van der Waals surface area contributed by atoms with E-state index in [4.69, 9.17) is 25.8 Å². The molecule has 0 aliphatic carbocycles. The molecule has 180 valence electrons. The van der Waals surface area contributed by atoms with Crippen LogP contribution >= 0.6 is 11.6 Å². The first-order valence-corrected chi connectivity index (χ1v) is 11.3. The second kappa shape index (κ2) is 10.1. The molecule has 1 saturated heterocycles. The summed E-state index contributed by atoms with van der Waals surface area (Å²) in [6.07, 6.45) is 0. The molecule has 0 bridgehead atoms. The highest BCUT2D eigenvalue weighted by molar-refractivity contribution is 6.51. The quantitative estimate of drug-likeness (QED) is 0.270. The first-order valence-electron chi connectivity index (χ1n) is 10.9. The summed E-state index contributed by atoms with van der Waals surface area (Å²) < 4.78 is 16.2. The minimum absolute atomic E-state index is 0.0594. The van der Waals surface area contributed by atoms with Crippen molar-refractivity contribution < 1.29 is 28.9 Å². The van der Waals surface area contributed by atoms with E-state index in [2.05, 4.69) is 0 Å². The van der Waals surface area contributed by atoms with Crippen molar-refractivity contribution in [3.8, 4) is 17.2 Å². The van der Waals surface area contributed by atoms with E-state index in [1.54, 1.807) is 66.7 Å². The number of anilines is 1. The number of nitrogens with zero attached hydrogens (tertiary/aromatic N) is 1. The molecule has 0 spiro atoms. The summed E-state index contributed by atoms with van der Waals surface area (Å²) in [5.74, 6) is -0.515. The zero-order valence-corrected chi connectivity index (χ0v) is 20.2. The Labute approximate surface area is 208 Å². The van der Waals surface area contributed by atoms with Gasteiger partial charge < -0.3 is 19.3 Å². The molecule has 1 atom stereocenters. The standard InChI is InChI=1S/C27H24ClNO6/c1-4-35-20-10-5-7-16(13-20)24-23(25(30)17-11-12-21(33-2)22(14-17)34-3)26(31)27(32)29(24)19-9-6-8-18(28)15-19/h5-15,24,30H,4H2,1-3H3/b25-23+. The fourth-order valence-electron chi connectivity index (χ4n) is 4.12. The molecule has 0 saturated carbocycles. The van der Waals surface area contributed by atoms with Gasteiger partial charge in [0.2, 0.25) is 0 Å². The molecule has 1 heterocycles. The Morgan fingerprint density at radius 3 is 2.40 bits per heavy atom. The number of aliphatic hydroxyl groups excluding tert-OH is 1. The molecule has 7 nitrogen and oxygen atoms in total. The van der Waals surface area contributed by atoms with Crippen LogP contribution in [0, 0.1) is 0 Å². The number of hydrogen-bond acceptors (Lipinski definition) is 6. The van der Waals surface area contributed by atoms with Gasteiger partial charge in [-0.2, -0.15) is 0 Å². The highest BCUT2D eigenvalue weighted by atomic mass is 35.5. The minimum atomic E-state index is -0.915. The van der Waals surface area contributed by atoms with E-state index in [0.29, 0.717) is 45.7 Å². The lowest BCUT2D eigenvalue weighted by molar-refractivity contribution is -0.132. The Morgan fingerprint density at radius 1 is 0.971 bits per heavy atom. The van der Waals surface area contributed by atoms with Crippen LogP contribution in [-0.2, 0) is 9.59 Å². The predicted octanol–water partition coefficient (Wildman–Crippen LogP) is 5.38. The summed E-state index contributed by atoms with van der Waals surface area (Å²) in [5, 5.41) is 11.8. The number of halogens is 1. The van der Waals surface area contributed by atoms with Gasteiger partial charge in [-0.1, -0.05) is 29.8 Å². The average molecular weight is 494 g/mol. The summed E-state index contributed by atoms with van der Waals surface area (Å²) in [6, 6.07) is 17.6. The lowest BCUT2D eigenvalue weighted by atomic mass is 9.94. The van der Waals surface area contributed by atoms with E-state index in [1.807, 2.05) is 6.92 Å². The number of carbonyl (C=O) groups excluding carboxylic acids is 2. The molecule has 0 aromatic heterocycles. The van der Waals surface area contributed by atoms with Crippen LogP contribution in [0.25, 0.3) is 5.76 Å². The van der Waals surface area contributed by atoms with Crippen molar-refractivity contribution in [2.24, 2.45) is 0 Å². The number of aliphatic hydroxyl groups is 1. The molecule has 0 radical (unpaired) electrons. The lowest BCUT2D eigenvalue weighted by Gasteiger charge is -2.26. The third-order valence-electron chi connectivity index (χ3n) is 5.67. The Hall–Kier alpha value is -3.97. The lowest BCUT2D eigenvalue weighted by Crippen LogP contribution is -2.29. The fourth-order valence-corrected chi connectivity index (χ4v) is 4.30. The van der Waals surface area contributed by atoms with Crippen molar-refractivity contribution in [3.63, 3.8) is 0 Å². The van der Waals surface area contributed by atoms with Crippen LogP contribution in [0.3, 0.4) is 0 Å². The zero-order valence-electron chi connectivity index (χ0n) is 19.4. The highest BCUT2D eigenvalue weighted by Crippen LogP contribution is 2.44. The minimum Gasteiger partial charge on any atom is -0.507 e. The number of methoxy groups -OCH3 is 2. The van der Waals surface area contributed by atoms with Crippen LogP contribution in [0.2, 0.25) is 5.02 Å². The van der Waals surface area contributed by atoms with Crippen LogP contribution < -0.4 is 19.1 Å². The Morgan fingerprint density at radius 2 is 1.71 bits per heavy atom. The summed E-state index contributed by atoms with van der Waals surface area (Å²) in [6.45, 7) is 2.31. The van der Waals surface area contributed by atoms with Crippen LogP contribution in [0.4, 0.5) is 5.69 Å². The number of carbonyl (C=O) groups is 2. The third-order valence-corrected chi connectivity index (χ3v) is 5.91. The number of Topliss-reactive ketones (excluding diaryl/α,β-unsaturated/α-hetero) is 1. The molecule has 35 heavy (non-hydrogen) atoms. The van der Waals surface area contributed by atoms with Crippen molar-refractivity contribution in [1.82, 2.24) is 0 Å². The van der Waals surface area contributed by atoms with Crippen LogP contribution in [0.15, 0.2) is 72.3 Å². The number of hydrogen-bond donors (Lipinski definition) is 1. The molecule has 3 aromatic carbocycles. The first kappa shape index (κ1) is 24.2. The number of benzene rings is 3. The topological polar surface area (TPSA) is 85.3 Å². The van der Waals surface area contributed by atoms with Crippen molar-refractivity contribution in [2.75, 3.05) is 25.7 Å². The average Bonchev–Trinajstić information content (AvgIpc) is 3.13. The molecular weight excluding hydrogens is 470 g/mol. The van der Waals surface area contributed by atoms with E-state index in [9.17, 15) is 14.7 Å². The van der Waals surface area contributed by atoms with Crippen LogP contribution in [0.1, 0.15) is 24.1 Å². The predicted molar refractivity (Wildman–Crippen MR) is 133 cm³/mol. The van der Waals surface area contributed by atoms with E-state index in [-0.39, 0.29) is 11.3 Å². The van der Waals surface area contributed by atoms with Gasteiger partial charge in [-0.05, 0) is 61.0 Å². The number of ether oxygens (including phenoxy) is 3. The molecule has 1 amide bonds. The zero-order chi connectivity index (χ0) is 25.1. The molecule has 8 heteroatoms. The molecule has 1 aliphatic rings. The van der Waals surface area contributed by atoms with Crippen molar-refractivity contribution in [3.05, 3.63) is 88.5 Å². The third kappa shape index (κ3) is 4.55. The van der Waals surface area contributed by atoms with Gasteiger partial charge in [0, 0.05) is 16.3 Å². The fraction of sp³-hybridized carbons (Fsp3) is 0.185. The van der Waals surface area contributed by atoms with Gasteiger partial charge in [0.05, 0.1) is 32.4 Å². The SMILES string of the molecule is CCOc1cccc(C2/C(=C(\O)c3ccc(OC)c(OC)c3)C(=O)C(=O)N2c2cccc(Cl)c2)c1. The van der Waals surface area contributed by atoms with E-state index in [0.717, 1.165) is 0 Å². The second-order valence-corrected chi connectivity index (χ2v) is 8.16. The molecule has 1 N–H and O–H groups in total. The van der Waals surface area contributed by atoms with Gasteiger partial charge in [0.25, 0.3) is 11.7 Å². The van der Waals surface area contributed by atoms with E-state index < -0.39 is 17.7 Å². The van der Waals surface area contributed by atoms with E-state index >= 15 is 0 Å². The van der Waals surface area contributed by atoms with Crippen LogP contribution in [-0.4, -0.2) is 37.6 Å². The Balaban J connectivity index is 1.95. The van der Waals surface area contributed by atoms with Crippen molar-refractivity contribution in [1.29, 1.82) is 0 Å². The monoisotopic (exact) mass is 493 g/mol. The van der Waals surface area contributed by atoms with Gasteiger partial charge in [-0.25, -0.2) is 0 Å². The Kier molecular flexibility index (Phi) is 6.98. The summed E-state index contributed by atoms with van der Waals surface area (Å²) >= 11 is 6.19. The van der Waals surface area contributed by atoms with Crippen molar-refractivity contribution >= 4 is 34.7 Å². The van der Waals surface area contributed by atoms with Gasteiger partial charge in [0.15, 0.2) is 11.5 Å². The second-order valence-electron chi connectivity index (χ2n) is 7.72. The maximum absolute atomic E-state index is 13.3. The highest BCUT2D eigenvalue weighted by Gasteiger charge is 2.47. The summed E-state index contributed by atoms with van der Waals surface area (Å²) in [5.41, 5.74) is 1.27. The summed E-state index contributed by atoms with van der Waals surface area (Å²) in [7, 11) is 2.97. The largest absolute Gasteiger partial charge is 0.507 e. The van der Waals surface area contributed by atoms with Gasteiger partial charge in [-0.3, -0.25) is 14.5 Å². The number of amides is 1. The molecule has 3 aromatic rings. The maximum atomic E-state index is 13.3. The molecular formula is C27H24ClNO6. The van der Waals surface area contributed by atoms with Gasteiger partial charge in [0.1, 0.15) is 11.5 Å². The van der Waals surface area contributed by atoms with E-state index in [1.165, 1.54) is 19.1 Å². The smallest absolute Gasteiger partial charge is 0.300 e. The molecule has 1 unspecified atom stereocenters.